The number of hydrogen-bond acceptors (Lipinski definition) is 6. The highest BCUT2D eigenvalue weighted by molar-refractivity contribution is 5.89. The minimum atomic E-state index is -0.233. The standard InChI is InChI=1S/C16H30N6O.3ClH/c17-7-11-19-9-3-1-5-14-13-21-15(16(23)22-14)6-2-4-10-20-12-8-18;;;/h7-8,13-15,17-20H,1-6,9-12H2,(H,22,23);3*1H. The third kappa shape index (κ3) is 14.4. The second kappa shape index (κ2) is 20.6. The summed E-state index contributed by atoms with van der Waals surface area (Å²) in [7, 11) is 0. The highest BCUT2D eigenvalue weighted by Gasteiger charge is 2.23. The monoisotopic (exact) mass is 430 g/mol. The van der Waals surface area contributed by atoms with Crippen molar-refractivity contribution in [1.82, 2.24) is 16.0 Å². The predicted molar refractivity (Wildman–Crippen MR) is 117 cm³/mol. The lowest BCUT2D eigenvalue weighted by Crippen LogP contribution is -2.45. The van der Waals surface area contributed by atoms with Crippen LogP contribution < -0.4 is 16.0 Å². The number of hydrogen-bond donors (Lipinski definition) is 5. The van der Waals surface area contributed by atoms with Crippen LogP contribution in [0.4, 0.5) is 0 Å². The van der Waals surface area contributed by atoms with Crippen LogP contribution in [0.25, 0.3) is 0 Å². The molecule has 2 unspecified atom stereocenters. The van der Waals surface area contributed by atoms with Gasteiger partial charge in [-0.15, -0.1) is 37.2 Å². The summed E-state index contributed by atoms with van der Waals surface area (Å²) in [6.07, 6.45) is 10.3. The van der Waals surface area contributed by atoms with Gasteiger partial charge in [0.05, 0.1) is 6.04 Å². The van der Waals surface area contributed by atoms with Gasteiger partial charge >= 0.3 is 0 Å². The van der Waals surface area contributed by atoms with E-state index in [0.29, 0.717) is 13.1 Å². The number of nitrogens with zero attached hydrogens (tertiary/aromatic N) is 1. The number of halogens is 3. The van der Waals surface area contributed by atoms with Crippen LogP contribution in [0.1, 0.15) is 38.5 Å². The van der Waals surface area contributed by atoms with E-state index >= 15 is 0 Å². The van der Waals surface area contributed by atoms with Crippen LogP contribution in [0.3, 0.4) is 0 Å². The van der Waals surface area contributed by atoms with E-state index in [9.17, 15) is 4.79 Å². The van der Waals surface area contributed by atoms with Gasteiger partial charge in [-0.25, -0.2) is 0 Å². The average Bonchev–Trinajstić information content (AvgIpc) is 2.55. The normalized spacial score (nSPS) is 17.9. The van der Waals surface area contributed by atoms with Crippen LogP contribution in [-0.4, -0.2) is 62.8 Å². The Bertz CT molecular complexity index is 398. The Morgan fingerprint density at radius 1 is 0.962 bits per heavy atom. The molecule has 0 bridgehead atoms. The third-order valence-electron chi connectivity index (χ3n) is 3.77. The minimum absolute atomic E-state index is 0. The Hall–Kier alpha value is -0.730. The van der Waals surface area contributed by atoms with Crippen molar-refractivity contribution in [3.8, 4) is 0 Å². The minimum Gasteiger partial charge on any atom is -0.347 e. The number of carbonyl (C=O) groups is 1. The van der Waals surface area contributed by atoms with Crippen LogP contribution in [0.5, 0.6) is 0 Å². The maximum Gasteiger partial charge on any atom is 0.245 e. The smallest absolute Gasteiger partial charge is 0.245 e. The van der Waals surface area contributed by atoms with Crippen molar-refractivity contribution in [3.05, 3.63) is 0 Å². The molecule has 10 heteroatoms. The molecule has 1 heterocycles. The first kappa shape index (κ1) is 30.0. The fourth-order valence-electron chi connectivity index (χ4n) is 2.49. The zero-order valence-electron chi connectivity index (χ0n) is 15.0. The molecule has 5 N–H and O–H groups in total. The third-order valence-corrected chi connectivity index (χ3v) is 3.77. The van der Waals surface area contributed by atoms with Crippen molar-refractivity contribution in [2.45, 2.75) is 50.6 Å². The van der Waals surface area contributed by atoms with Crippen molar-refractivity contribution in [2.75, 3.05) is 26.2 Å². The predicted octanol–water partition coefficient (Wildman–Crippen LogP) is 2.01. The summed E-state index contributed by atoms with van der Waals surface area (Å²) in [4.78, 5) is 16.5. The van der Waals surface area contributed by atoms with Gasteiger partial charge in [0, 0.05) is 31.7 Å². The molecule has 0 aromatic carbocycles. The Kier molecular flexibility index (Phi) is 23.8. The van der Waals surface area contributed by atoms with Crippen molar-refractivity contribution >= 4 is 61.8 Å². The van der Waals surface area contributed by atoms with E-state index in [1.807, 2.05) is 6.21 Å². The summed E-state index contributed by atoms with van der Waals surface area (Å²) in [6.45, 7) is 3.02. The van der Waals surface area contributed by atoms with Gasteiger partial charge in [-0.2, -0.15) is 0 Å². The SMILES string of the molecule is Cl.Cl.Cl.N=CCNCCCCC1C=NC(CCCCNCC=N)C(=O)N1. The zero-order valence-corrected chi connectivity index (χ0v) is 17.5. The molecule has 0 aromatic heterocycles. The van der Waals surface area contributed by atoms with Gasteiger partial charge in [-0.3, -0.25) is 9.79 Å². The van der Waals surface area contributed by atoms with Crippen LogP contribution in [0.15, 0.2) is 4.99 Å². The van der Waals surface area contributed by atoms with E-state index in [4.69, 9.17) is 10.8 Å². The Morgan fingerprint density at radius 2 is 1.50 bits per heavy atom. The molecule has 1 aliphatic heterocycles. The molecule has 0 radical (unpaired) electrons. The molecule has 2 atom stereocenters. The van der Waals surface area contributed by atoms with Crippen LogP contribution >= 0.6 is 37.2 Å². The summed E-state index contributed by atoms with van der Waals surface area (Å²) >= 11 is 0. The highest BCUT2D eigenvalue weighted by Crippen LogP contribution is 2.10. The Labute approximate surface area is 175 Å². The molecule has 7 nitrogen and oxygen atoms in total. The van der Waals surface area contributed by atoms with E-state index in [1.165, 1.54) is 12.4 Å². The summed E-state index contributed by atoms with van der Waals surface area (Å²) in [6, 6.07) is -0.168. The maximum atomic E-state index is 12.0. The lowest BCUT2D eigenvalue weighted by Gasteiger charge is -2.23. The molecule has 0 fully saturated rings. The number of carbonyl (C=O) groups excluding carboxylic acids is 1. The molecule has 1 aliphatic rings. The first-order valence-corrected chi connectivity index (χ1v) is 8.51. The summed E-state index contributed by atoms with van der Waals surface area (Å²) in [5, 5.41) is 23.1. The van der Waals surface area contributed by atoms with E-state index < -0.39 is 0 Å². The van der Waals surface area contributed by atoms with Gasteiger partial charge in [0.2, 0.25) is 5.91 Å². The van der Waals surface area contributed by atoms with Crippen molar-refractivity contribution < 1.29 is 4.79 Å². The molecule has 0 spiro atoms. The number of rotatable bonds is 14. The average molecular weight is 432 g/mol. The molecule has 0 aliphatic carbocycles. The first-order chi connectivity index (χ1) is 11.3. The van der Waals surface area contributed by atoms with Crippen molar-refractivity contribution in [1.29, 1.82) is 10.8 Å². The zero-order chi connectivity index (χ0) is 16.8. The van der Waals surface area contributed by atoms with E-state index in [0.717, 1.165) is 51.6 Å². The number of unbranched alkanes of at least 4 members (excludes halogenated alkanes) is 2. The van der Waals surface area contributed by atoms with Gasteiger partial charge < -0.3 is 26.8 Å². The number of nitrogens with one attached hydrogen (secondary N) is 5. The van der Waals surface area contributed by atoms with Crippen molar-refractivity contribution in [2.24, 2.45) is 4.99 Å². The Morgan fingerprint density at radius 3 is 2.00 bits per heavy atom. The molecule has 0 saturated carbocycles. The lowest BCUT2D eigenvalue weighted by atomic mass is 10.0. The largest absolute Gasteiger partial charge is 0.347 e. The van der Waals surface area contributed by atoms with Gasteiger partial charge in [-0.05, 0) is 51.6 Å². The molecule has 0 saturated heterocycles. The highest BCUT2D eigenvalue weighted by atomic mass is 35.5. The second-order valence-electron chi connectivity index (χ2n) is 5.74. The molecular weight excluding hydrogens is 399 g/mol. The molecule has 0 aromatic rings. The molecule has 154 valence electrons. The quantitative estimate of drug-likeness (QED) is 0.214. The van der Waals surface area contributed by atoms with E-state index in [1.54, 1.807) is 0 Å². The topological polar surface area (TPSA) is 113 Å². The lowest BCUT2D eigenvalue weighted by molar-refractivity contribution is -0.123. The maximum absolute atomic E-state index is 12.0. The van der Waals surface area contributed by atoms with Crippen LogP contribution in [-0.2, 0) is 4.79 Å². The van der Waals surface area contributed by atoms with Crippen LogP contribution in [0.2, 0.25) is 0 Å². The van der Waals surface area contributed by atoms with Crippen LogP contribution in [0, 0.1) is 10.8 Å². The molecular formula is C16H33Cl3N6O. The fraction of sp³-hybridized carbons (Fsp3) is 0.750. The second-order valence-corrected chi connectivity index (χ2v) is 5.74. The fourth-order valence-corrected chi connectivity index (χ4v) is 2.49. The van der Waals surface area contributed by atoms with E-state index in [2.05, 4.69) is 20.9 Å². The number of aliphatic imine (C=N–C) groups is 1. The number of amides is 1. The molecule has 1 rings (SSSR count). The van der Waals surface area contributed by atoms with Gasteiger partial charge in [0.1, 0.15) is 6.04 Å². The van der Waals surface area contributed by atoms with E-state index in [-0.39, 0.29) is 55.2 Å². The Balaban J connectivity index is -0.00000176. The van der Waals surface area contributed by atoms with Crippen molar-refractivity contribution in [3.63, 3.8) is 0 Å². The van der Waals surface area contributed by atoms with Gasteiger partial charge in [0.15, 0.2) is 0 Å². The first-order valence-electron chi connectivity index (χ1n) is 8.51. The molecule has 26 heavy (non-hydrogen) atoms. The summed E-state index contributed by atoms with van der Waals surface area (Å²) in [5.74, 6) is 0.0480. The molecule has 1 amide bonds. The summed E-state index contributed by atoms with van der Waals surface area (Å²) < 4.78 is 0. The summed E-state index contributed by atoms with van der Waals surface area (Å²) in [5.41, 5.74) is 0. The van der Waals surface area contributed by atoms with Gasteiger partial charge in [0.25, 0.3) is 0 Å². The van der Waals surface area contributed by atoms with Gasteiger partial charge in [-0.1, -0.05) is 0 Å².